The van der Waals surface area contributed by atoms with Gasteiger partial charge in [0, 0.05) is 13.0 Å². The highest BCUT2D eigenvalue weighted by molar-refractivity contribution is 5.81. The summed E-state index contributed by atoms with van der Waals surface area (Å²) in [7, 11) is 1.30. The summed E-state index contributed by atoms with van der Waals surface area (Å²) < 4.78 is 15.4. The van der Waals surface area contributed by atoms with E-state index < -0.39 is 0 Å². The normalized spacial score (nSPS) is 12.7. The molecule has 108 valence electrons. The smallest absolute Gasteiger partial charge is 0.306 e. The largest absolute Gasteiger partial charge is 0.486 e. The van der Waals surface area contributed by atoms with E-state index in [1.54, 1.807) is 0 Å². The molecule has 0 aliphatic carbocycles. The van der Waals surface area contributed by atoms with Crippen molar-refractivity contribution < 1.29 is 23.8 Å². The third kappa shape index (κ3) is 3.88. The van der Waals surface area contributed by atoms with Gasteiger partial charge in [0.2, 0.25) is 5.91 Å². The average Bonchev–Trinajstić information content (AvgIpc) is 2.50. The van der Waals surface area contributed by atoms with Crippen molar-refractivity contribution in [1.82, 2.24) is 5.32 Å². The lowest BCUT2D eigenvalue weighted by Crippen LogP contribution is -2.23. The number of fused-ring (bicyclic) bond motifs is 1. The zero-order valence-corrected chi connectivity index (χ0v) is 11.3. The monoisotopic (exact) mass is 279 g/mol. The van der Waals surface area contributed by atoms with Crippen LogP contribution in [-0.2, 0) is 20.9 Å². The number of amides is 1. The summed E-state index contributed by atoms with van der Waals surface area (Å²) in [5, 5.41) is 2.74. The zero-order valence-electron chi connectivity index (χ0n) is 11.3. The van der Waals surface area contributed by atoms with Crippen molar-refractivity contribution in [2.45, 2.75) is 19.4 Å². The maximum absolute atomic E-state index is 11.6. The van der Waals surface area contributed by atoms with Gasteiger partial charge in [-0.25, -0.2) is 0 Å². The molecule has 0 unspecified atom stereocenters. The van der Waals surface area contributed by atoms with E-state index in [0.29, 0.717) is 25.5 Å². The molecule has 0 saturated carbocycles. The van der Waals surface area contributed by atoms with Crippen LogP contribution in [-0.4, -0.2) is 32.2 Å². The van der Waals surface area contributed by atoms with Gasteiger partial charge in [0.05, 0.1) is 13.5 Å². The van der Waals surface area contributed by atoms with E-state index in [9.17, 15) is 9.59 Å². The zero-order chi connectivity index (χ0) is 14.4. The SMILES string of the molecule is COC(=O)CCC(=O)NCc1ccc2c(c1)OCCO2. The highest BCUT2D eigenvalue weighted by Gasteiger charge is 2.12. The number of esters is 1. The average molecular weight is 279 g/mol. The van der Waals surface area contributed by atoms with Crippen molar-refractivity contribution >= 4 is 11.9 Å². The van der Waals surface area contributed by atoms with Gasteiger partial charge in [-0.3, -0.25) is 9.59 Å². The van der Waals surface area contributed by atoms with E-state index in [-0.39, 0.29) is 24.7 Å². The molecule has 1 aromatic carbocycles. The summed E-state index contributed by atoms with van der Waals surface area (Å²) in [6.07, 6.45) is 0.209. The van der Waals surface area contributed by atoms with Gasteiger partial charge in [-0.2, -0.15) is 0 Å². The summed E-state index contributed by atoms with van der Waals surface area (Å²) in [5.74, 6) is 0.833. The summed E-state index contributed by atoms with van der Waals surface area (Å²) >= 11 is 0. The Bertz CT molecular complexity index is 500. The predicted molar refractivity (Wildman–Crippen MR) is 70.5 cm³/mol. The molecule has 0 fully saturated rings. The fourth-order valence-corrected chi connectivity index (χ4v) is 1.80. The molecule has 0 aromatic heterocycles. The van der Waals surface area contributed by atoms with Crippen LogP contribution >= 0.6 is 0 Å². The van der Waals surface area contributed by atoms with Crippen LogP contribution in [0, 0.1) is 0 Å². The van der Waals surface area contributed by atoms with Crippen molar-refractivity contribution in [1.29, 1.82) is 0 Å². The number of carbonyl (C=O) groups excluding carboxylic acids is 2. The molecule has 20 heavy (non-hydrogen) atoms. The van der Waals surface area contributed by atoms with Crippen LogP contribution in [0.1, 0.15) is 18.4 Å². The van der Waals surface area contributed by atoms with Crippen LogP contribution in [0.4, 0.5) is 0 Å². The molecule has 1 N–H and O–H groups in total. The Labute approximate surface area is 117 Å². The van der Waals surface area contributed by atoms with Crippen molar-refractivity contribution in [2.75, 3.05) is 20.3 Å². The number of hydrogen-bond donors (Lipinski definition) is 1. The third-order valence-corrected chi connectivity index (χ3v) is 2.88. The summed E-state index contributed by atoms with van der Waals surface area (Å²) in [4.78, 5) is 22.5. The van der Waals surface area contributed by atoms with Crippen molar-refractivity contribution in [3.8, 4) is 11.5 Å². The Morgan fingerprint density at radius 3 is 2.70 bits per heavy atom. The maximum Gasteiger partial charge on any atom is 0.306 e. The van der Waals surface area contributed by atoms with Crippen molar-refractivity contribution in [3.63, 3.8) is 0 Å². The van der Waals surface area contributed by atoms with Gasteiger partial charge in [0.1, 0.15) is 13.2 Å². The molecule has 6 heteroatoms. The number of methoxy groups -OCH3 is 1. The topological polar surface area (TPSA) is 73.9 Å². The molecule has 0 saturated heterocycles. The summed E-state index contributed by atoms with van der Waals surface area (Å²) in [5.41, 5.74) is 0.917. The van der Waals surface area contributed by atoms with Crippen molar-refractivity contribution in [2.24, 2.45) is 0 Å². The molecule has 1 aromatic rings. The summed E-state index contributed by atoms with van der Waals surface area (Å²) in [6.45, 7) is 1.47. The van der Waals surface area contributed by atoms with Crippen LogP contribution in [0.25, 0.3) is 0 Å². The first kappa shape index (κ1) is 14.2. The Morgan fingerprint density at radius 2 is 1.95 bits per heavy atom. The Hall–Kier alpha value is -2.24. The molecule has 1 aliphatic rings. The van der Waals surface area contributed by atoms with Crippen LogP contribution in [0.2, 0.25) is 0 Å². The molecule has 0 spiro atoms. The van der Waals surface area contributed by atoms with Gasteiger partial charge in [-0.1, -0.05) is 6.07 Å². The van der Waals surface area contributed by atoms with E-state index >= 15 is 0 Å². The molecular weight excluding hydrogens is 262 g/mol. The molecule has 0 radical (unpaired) electrons. The van der Waals surface area contributed by atoms with Crippen LogP contribution in [0.15, 0.2) is 18.2 Å². The molecule has 1 aliphatic heterocycles. The van der Waals surface area contributed by atoms with E-state index in [0.717, 1.165) is 11.3 Å². The first-order valence-electron chi connectivity index (χ1n) is 6.41. The third-order valence-electron chi connectivity index (χ3n) is 2.88. The maximum atomic E-state index is 11.6. The minimum absolute atomic E-state index is 0.0868. The number of rotatable bonds is 5. The second-order valence-electron chi connectivity index (χ2n) is 4.33. The van der Waals surface area contributed by atoms with Gasteiger partial charge in [0.15, 0.2) is 11.5 Å². The van der Waals surface area contributed by atoms with Crippen LogP contribution < -0.4 is 14.8 Å². The molecule has 2 rings (SSSR count). The number of nitrogens with one attached hydrogen (secondary N) is 1. The summed E-state index contributed by atoms with van der Waals surface area (Å²) in [6, 6.07) is 5.54. The minimum Gasteiger partial charge on any atom is -0.486 e. The van der Waals surface area contributed by atoms with E-state index in [1.165, 1.54) is 7.11 Å². The Balaban J connectivity index is 1.81. The quantitative estimate of drug-likeness (QED) is 0.815. The molecule has 1 heterocycles. The number of ether oxygens (including phenoxy) is 3. The molecule has 0 bridgehead atoms. The van der Waals surface area contributed by atoms with Gasteiger partial charge in [-0.05, 0) is 17.7 Å². The van der Waals surface area contributed by atoms with Crippen LogP contribution in [0.3, 0.4) is 0 Å². The number of hydrogen-bond acceptors (Lipinski definition) is 5. The fourth-order valence-electron chi connectivity index (χ4n) is 1.80. The lowest BCUT2D eigenvalue weighted by molar-refractivity contribution is -0.142. The van der Waals surface area contributed by atoms with Gasteiger partial charge in [0.25, 0.3) is 0 Å². The second-order valence-corrected chi connectivity index (χ2v) is 4.33. The standard InChI is InChI=1S/C14H17NO5/c1-18-14(17)5-4-13(16)15-9-10-2-3-11-12(8-10)20-7-6-19-11/h2-3,8H,4-7,9H2,1H3,(H,15,16). The molecule has 1 amide bonds. The first-order valence-corrected chi connectivity index (χ1v) is 6.41. The van der Waals surface area contributed by atoms with Gasteiger partial charge >= 0.3 is 5.97 Å². The highest BCUT2D eigenvalue weighted by atomic mass is 16.6. The lowest BCUT2D eigenvalue weighted by atomic mass is 10.2. The second kappa shape index (κ2) is 6.79. The Morgan fingerprint density at radius 1 is 1.20 bits per heavy atom. The van der Waals surface area contributed by atoms with Crippen LogP contribution in [0.5, 0.6) is 11.5 Å². The van der Waals surface area contributed by atoms with E-state index in [1.807, 2.05) is 18.2 Å². The minimum atomic E-state index is -0.389. The van der Waals surface area contributed by atoms with E-state index in [4.69, 9.17) is 9.47 Å². The fraction of sp³-hybridized carbons (Fsp3) is 0.429. The van der Waals surface area contributed by atoms with Gasteiger partial charge in [-0.15, -0.1) is 0 Å². The van der Waals surface area contributed by atoms with E-state index in [2.05, 4.69) is 10.1 Å². The predicted octanol–water partition coefficient (Wildman–Crippen LogP) is 1.03. The lowest BCUT2D eigenvalue weighted by Gasteiger charge is -2.18. The number of benzene rings is 1. The number of carbonyl (C=O) groups is 2. The molecular formula is C14H17NO5. The van der Waals surface area contributed by atoms with Gasteiger partial charge < -0.3 is 19.5 Å². The first-order chi connectivity index (χ1) is 9.69. The van der Waals surface area contributed by atoms with Crippen molar-refractivity contribution in [3.05, 3.63) is 23.8 Å². The molecule has 6 nitrogen and oxygen atoms in total. The Kier molecular flexibility index (Phi) is 4.81. The highest BCUT2D eigenvalue weighted by Crippen LogP contribution is 2.30. The molecule has 0 atom stereocenters.